The topological polar surface area (TPSA) is 50.7 Å². The van der Waals surface area contributed by atoms with Crippen molar-refractivity contribution >= 4 is 34.0 Å². The van der Waals surface area contributed by atoms with Crippen molar-refractivity contribution < 1.29 is 35.8 Å². The number of allylic oxidation sites excluding steroid dienone is 1. The summed E-state index contributed by atoms with van der Waals surface area (Å²) in [7, 11) is 0. The quantitative estimate of drug-likeness (QED) is 0.128. The Morgan fingerprint density at radius 3 is 2.45 bits per heavy atom. The molecular formula is C34H38F6N4O2S. The molecule has 2 aliphatic rings. The van der Waals surface area contributed by atoms with Crippen LogP contribution in [-0.4, -0.2) is 73.6 Å². The standard InChI is InChI=1S/C34H38F6N4O2S/c1-47-27-11-12-30(32(21-27)46-23-34(38,39)40)41-14-3-4-26-20-28-29(5-2-6-31(28)44(26)22-33(35,36)37)42-25-9-7-24(8-10-25)13-15-43-16-18-45-19-17-43/h2,5-6,11-13,15,20-21,24-25,41-42H,7-10,14,16-19,22-23H2,1H3/b15-13+. The molecule has 0 amide bonds. The van der Waals surface area contributed by atoms with Gasteiger partial charge in [0, 0.05) is 35.1 Å². The van der Waals surface area contributed by atoms with Gasteiger partial charge in [-0.15, -0.1) is 11.8 Å². The van der Waals surface area contributed by atoms with E-state index in [4.69, 9.17) is 9.47 Å². The molecule has 0 bridgehead atoms. The molecule has 13 heteroatoms. The van der Waals surface area contributed by atoms with Gasteiger partial charge in [0.25, 0.3) is 0 Å². The first kappa shape index (κ1) is 34.7. The lowest BCUT2D eigenvalue weighted by molar-refractivity contribution is -0.153. The number of rotatable bonds is 10. The Bertz CT molecular complexity index is 1580. The highest BCUT2D eigenvalue weighted by Crippen LogP contribution is 2.34. The van der Waals surface area contributed by atoms with E-state index in [0.717, 1.165) is 62.2 Å². The molecule has 3 aromatic rings. The first-order chi connectivity index (χ1) is 22.5. The monoisotopic (exact) mass is 680 g/mol. The van der Waals surface area contributed by atoms with E-state index in [1.807, 2.05) is 6.07 Å². The summed E-state index contributed by atoms with van der Waals surface area (Å²) in [5.41, 5.74) is 1.67. The van der Waals surface area contributed by atoms with E-state index in [0.29, 0.717) is 27.4 Å². The zero-order valence-electron chi connectivity index (χ0n) is 26.0. The Morgan fingerprint density at radius 2 is 1.74 bits per heavy atom. The van der Waals surface area contributed by atoms with Crippen molar-refractivity contribution in [3.63, 3.8) is 0 Å². The van der Waals surface area contributed by atoms with Crippen molar-refractivity contribution in [3.8, 4) is 17.6 Å². The van der Waals surface area contributed by atoms with Gasteiger partial charge < -0.3 is 29.6 Å². The van der Waals surface area contributed by atoms with Gasteiger partial charge in [-0.3, -0.25) is 0 Å². The number of fused-ring (bicyclic) bond motifs is 1. The predicted octanol–water partition coefficient (Wildman–Crippen LogP) is 8.15. The minimum atomic E-state index is -4.51. The normalized spacial score (nSPS) is 19.1. The molecule has 0 radical (unpaired) electrons. The van der Waals surface area contributed by atoms with E-state index < -0.39 is 25.5 Å². The van der Waals surface area contributed by atoms with Crippen molar-refractivity contribution in [2.45, 2.75) is 55.5 Å². The van der Waals surface area contributed by atoms with E-state index in [9.17, 15) is 26.3 Å². The van der Waals surface area contributed by atoms with Gasteiger partial charge in [0.1, 0.15) is 12.3 Å². The number of aromatic nitrogens is 1. The van der Waals surface area contributed by atoms with Gasteiger partial charge in [-0.1, -0.05) is 18.1 Å². The van der Waals surface area contributed by atoms with Crippen LogP contribution < -0.4 is 15.4 Å². The van der Waals surface area contributed by atoms with Gasteiger partial charge in [-0.05, 0) is 86.4 Å². The van der Waals surface area contributed by atoms with Gasteiger partial charge in [-0.2, -0.15) is 26.3 Å². The molecule has 0 atom stereocenters. The molecule has 2 N–H and O–H groups in total. The first-order valence-corrected chi connectivity index (χ1v) is 16.8. The number of alkyl halides is 6. The zero-order chi connectivity index (χ0) is 33.4. The minimum absolute atomic E-state index is 0.0139. The maximum atomic E-state index is 13.7. The highest BCUT2D eigenvalue weighted by molar-refractivity contribution is 7.98. The largest absolute Gasteiger partial charge is 0.482 e. The molecule has 0 spiro atoms. The molecule has 0 unspecified atom stereocenters. The molecule has 2 aromatic carbocycles. The van der Waals surface area contributed by atoms with E-state index in [2.05, 4.69) is 39.7 Å². The van der Waals surface area contributed by atoms with Crippen LogP contribution in [0.5, 0.6) is 5.75 Å². The lowest BCUT2D eigenvalue weighted by Crippen LogP contribution is -2.32. The molecule has 1 aromatic heterocycles. The molecule has 1 aliphatic heterocycles. The van der Waals surface area contributed by atoms with Gasteiger partial charge in [0.15, 0.2) is 6.61 Å². The van der Waals surface area contributed by atoms with Crippen LogP contribution in [0.1, 0.15) is 31.4 Å². The Morgan fingerprint density at radius 1 is 0.979 bits per heavy atom. The summed E-state index contributed by atoms with van der Waals surface area (Å²) >= 11 is 1.35. The molecule has 1 aliphatic carbocycles. The second-order valence-corrected chi connectivity index (χ2v) is 12.5. The lowest BCUT2D eigenvalue weighted by atomic mass is 9.86. The van der Waals surface area contributed by atoms with Crippen molar-refractivity contribution in [2.24, 2.45) is 5.92 Å². The summed E-state index contributed by atoms with van der Waals surface area (Å²) in [5.74, 6) is 6.19. The second-order valence-electron chi connectivity index (χ2n) is 11.6. The number of benzene rings is 2. The Balaban J connectivity index is 1.28. The number of nitrogens with zero attached hydrogens (tertiary/aromatic N) is 2. The Kier molecular flexibility index (Phi) is 11.5. The summed E-state index contributed by atoms with van der Waals surface area (Å²) < 4.78 is 91.0. The third-order valence-electron chi connectivity index (χ3n) is 8.19. The average molecular weight is 681 g/mol. The van der Waals surface area contributed by atoms with Crippen LogP contribution in [-0.2, 0) is 11.3 Å². The molecule has 6 nitrogen and oxygen atoms in total. The molecule has 1 saturated carbocycles. The van der Waals surface area contributed by atoms with Crippen LogP contribution in [0.4, 0.5) is 37.7 Å². The minimum Gasteiger partial charge on any atom is -0.482 e. The van der Waals surface area contributed by atoms with Crippen LogP contribution in [0.2, 0.25) is 0 Å². The fourth-order valence-electron chi connectivity index (χ4n) is 5.84. The summed E-state index contributed by atoms with van der Waals surface area (Å²) in [6.07, 6.45) is 1.23. The van der Waals surface area contributed by atoms with Gasteiger partial charge in [0.05, 0.1) is 36.7 Å². The molecule has 2 heterocycles. The summed E-state index contributed by atoms with van der Waals surface area (Å²) in [5, 5.41) is 7.17. The third kappa shape index (κ3) is 10.2. The molecule has 1 saturated heterocycles. The van der Waals surface area contributed by atoms with Gasteiger partial charge in [0.2, 0.25) is 0 Å². The lowest BCUT2D eigenvalue weighted by Gasteiger charge is -2.30. The highest BCUT2D eigenvalue weighted by atomic mass is 32.2. The van der Waals surface area contributed by atoms with E-state index in [-0.39, 0.29) is 24.0 Å². The average Bonchev–Trinajstić information content (AvgIpc) is 3.38. The molecular weight excluding hydrogens is 642 g/mol. The van der Waals surface area contributed by atoms with Crippen LogP contribution in [0.15, 0.2) is 59.6 Å². The number of thioether (sulfide) groups is 1. The summed E-state index contributed by atoms with van der Waals surface area (Å²) in [4.78, 5) is 3.00. The molecule has 5 rings (SSSR count). The fourth-order valence-corrected chi connectivity index (χ4v) is 6.27. The van der Waals surface area contributed by atoms with Crippen LogP contribution >= 0.6 is 11.8 Å². The summed E-state index contributed by atoms with van der Waals surface area (Å²) in [6, 6.07) is 12.0. The zero-order valence-corrected chi connectivity index (χ0v) is 26.8. The summed E-state index contributed by atoms with van der Waals surface area (Å²) in [6.45, 7) is 0.625. The molecule has 2 fully saturated rings. The van der Waals surface area contributed by atoms with Crippen LogP contribution in [0, 0.1) is 17.8 Å². The Hall–Kier alpha value is -3.63. The van der Waals surface area contributed by atoms with Crippen molar-refractivity contribution in [3.05, 3.63) is 60.4 Å². The van der Waals surface area contributed by atoms with Crippen LogP contribution in [0.25, 0.3) is 10.9 Å². The number of hydrogen-bond acceptors (Lipinski definition) is 6. The SMILES string of the molecule is CSc1ccc(NCC#Cc2cc3c(NC4CCC(/C=C/N5CCOCC5)CC4)cccc3n2CC(F)(F)F)c(OCC(F)(F)F)c1. The second kappa shape index (κ2) is 15.5. The van der Waals surface area contributed by atoms with E-state index in [1.165, 1.54) is 17.8 Å². The smallest absolute Gasteiger partial charge is 0.422 e. The molecule has 254 valence electrons. The fraction of sp³-hybridized carbons (Fsp3) is 0.471. The highest BCUT2D eigenvalue weighted by Gasteiger charge is 2.31. The number of ether oxygens (including phenoxy) is 2. The Labute approximate surface area is 274 Å². The molecule has 47 heavy (non-hydrogen) atoms. The van der Waals surface area contributed by atoms with Crippen LogP contribution in [0.3, 0.4) is 0 Å². The third-order valence-corrected chi connectivity index (χ3v) is 8.92. The number of anilines is 2. The number of morpholine rings is 1. The van der Waals surface area contributed by atoms with Gasteiger partial charge >= 0.3 is 12.4 Å². The van der Waals surface area contributed by atoms with Gasteiger partial charge in [-0.25, -0.2) is 0 Å². The van der Waals surface area contributed by atoms with E-state index in [1.54, 1.807) is 36.6 Å². The van der Waals surface area contributed by atoms with Crippen molar-refractivity contribution in [1.29, 1.82) is 0 Å². The van der Waals surface area contributed by atoms with E-state index >= 15 is 0 Å². The van der Waals surface area contributed by atoms with Crippen molar-refractivity contribution in [1.82, 2.24) is 9.47 Å². The number of nitrogens with one attached hydrogen (secondary N) is 2. The first-order valence-electron chi connectivity index (χ1n) is 15.5. The number of halogens is 6. The maximum Gasteiger partial charge on any atom is 0.422 e. The predicted molar refractivity (Wildman–Crippen MR) is 174 cm³/mol. The number of hydrogen-bond donors (Lipinski definition) is 2. The maximum absolute atomic E-state index is 13.7. The van der Waals surface area contributed by atoms with Crippen molar-refractivity contribution in [2.75, 3.05) is 56.3 Å².